The van der Waals surface area contributed by atoms with Gasteiger partial charge in [0.15, 0.2) is 0 Å². The normalized spacial score (nSPS) is 13.7. The van der Waals surface area contributed by atoms with E-state index in [1.807, 2.05) is 55.5 Å². The number of nitrogens with one attached hydrogen (secondary N) is 6. The van der Waals surface area contributed by atoms with Crippen molar-refractivity contribution in [1.82, 2.24) is 10.6 Å². The zero-order valence-electron chi connectivity index (χ0n) is 20.8. The van der Waals surface area contributed by atoms with E-state index in [0.717, 1.165) is 54.5 Å². The largest absolute Gasteiger partial charge is 0.368 e. The minimum absolute atomic E-state index is 0. The van der Waals surface area contributed by atoms with Crippen LogP contribution in [0, 0.1) is 6.92 Å². The number of benzene rings is 3. The Morgan fingerprint density at radius 3 is 1.55 bits per heavy atom. The molecule has 4 amide bonds. The zero-order chi connectivity index (χ0) is 25.6. The van der Waals surface area contributed by atoms with Crippen LogP contribution < -0.4 is 31.9 Å². The highest BCUT2D eigenvalue weighted by atomic mass is 35.5. The first-order valence-corrected chi connectivity index (χ1v) is 12.1. The molecule has 0 saturated heterocycles. The molecule has 0 aromatic heterocycles. The van der Waals surface area contributed by atoms with E-state index in [9.17, 15) is 9.59 Å². The average molecular weight is 533 g/mol. The minimum Gasteiger partial charge on any atom is -0.368 e. The Balaban J connectivity index is 0.00000336. The smallest absolute Gasteiger partial charge is 0.323 e. The van der Waals surface area contributed by atoms with Crippen LogP contribution in [0.2, 0.25) is 0 Å². The molecule has 0 radical (unpaired) electrons. The highest BCUT2D eigenvalue weighted by molar-refractivity contribution is 6.04. The molecule has 5 rings (SSSR count). The second-order valence-corrected chi connectivity index (χ2v) is 8.66. The van der Waals surface area contributed by atoms with Gasteiger partial charge in [-0.15, -0.1) is 12.4 Å². The molecule has 0 bridgehead atoms. The van der Waals surface area contributed by atoms with Gasteiger partial charge in [-0.05, 0) is 79.2 Å². The van der Waals surface area contributed by atoms with E-state index in [-0.39, 0.29) is 24.5 Å². The van der Waals surface area contributed by atoms with Gasteiger partial charge in [-0.25, -0.2) is 9.59 Å². The number of hydrogen-bond acceptors (Lipinski definition) is 6. The van der Waals surface area contributed by atoms with Crippen LogP contribution in [0.5, 0.6) is 0 Å². The topological polar surface area (TPSA) is 131 Å². The van der Waals surface area contributed by atoms with Crippen LogP contribution in [0.1, 0.15) is 16.7 Å². The van der Waals surface area contributed by atoms with Gasteiger partial charge in [0.2, 0.25) is 0 Å². The predicted molar refractivity (Wildman–Crippen MR) is 155 cm³/mol. The number of halogens is 1. The summed E-state index contributed by atoms with van der Waals surface area (Å²) in [4.78, 5) is 33.7. The van der Waals surface area contributed by atoms with Crippen LogP contribution >= 0.6 is 12.4 Å². The summed E-state index contributed by atoms with van der Waals surface area (Å²) in [6.07, 6.45) is 0. The summed E-state index contributed by atoms with van der Waals surface area (Å²) in [5.74, 6) is 1.75. The Labute approximate surface area is 226 Å². The maximum atomic E-state index is 12.5. The molecule has 10 nitrogen and oxygen atoms in total. The Bertz CT molecular complexity index is 1370. The first kappa shape index (κ1) is 26.5. The third-order valence-electron chi connectivity index (χ3n) is 5.91. The lowest BCUT2D eigenvalue weighted by atomic mass is 10.1. The quantitative estimate of drug-likeness (QED) is 0.281. The number of aryl methyl sites for hydroxylation is 1. The van der Waals surface area contributed by atoms with Gasteiger partial charge in [0.1, 0.15) is 11.7 Å². The first-order valence-electron chi connectivity index (χ1n) is 12.1. The number of carbonyl (C=O) groups is 2. The van der Waals surface area contributed by atoms with E-state index < -0.39 is 0 Å². The molecule has 2 heterocycles. The monoisotopic (exact) mass is 532 g/mol. The van der Waals surface area contributed by atoms with Gasteiger partial charge in [0.25, 0.3) is 0 Å². The van der Waals surface area contributed by atoms with Crippen LogP contribution in [-0.4, -0.2) is 49.9 Å². The second-order valence-electron chi connectivity index (χ2n) is 8.66. The first-order chi connectivity index (χ1) is 18.0. The highest BCUT2D eigenvalue weighted by Gasteiger charge is 2.11. The highest BCUT2D eigenvalue weighted by Crippen LogP contribution is 2.21. The molecule has 0 atom stereocenters. The summed E-state index contributed by atoms with van der Waals surface area (Å²) in [6.45, 7) is 5.11. The van der Waals surface area contributed by atoms with E-state index in [1.165, 1.54) is 0 Å². The minimum atomic E-state index is -0.357. The van der Waals surface area contributed by atoms with E-state index in [2.05, 4.69) is 41.9 Å². The molecule has 0 fully saturated rings. The Morgan fingerprint density at radius 2 is 1.11 bits per heavy atom. The van der Waals surface area contributed by atoms with E-state index in [1.54, 1.807) is 18.2 Å². The summed E-state index contributed by atoms with van der Waals surface area (Å²) >= 11 is 0. The number of amidine groups is 2. The number of hydrogen-bond donors (Lipinski definition) is 6. The predicted octanol–water partition coefficient (Wildman–Crippen LogP) is 4.40. The fourth-order valence-electron chi connectivity index (χ4n) is 4.07. The Morgan fingerprint density at radius 1 is 0.658 bits per heavy atom. The van der Waals surface area contributed by atoms with Crippen molar-refractivity contribution in [2.45, 2.75) is 6.92 Å². The number of carbonyl (C=O) groups excluding carboxylic acids is 2. The molecule has 2 aliphatic heterocycles. The molecule has 2 aliphatic rings. The molecule has 6 N–H and O–H groups in total. The number of anilines is 4. The molecule has 11 heteroatoms. The molecule has 0 unspecified atom stereocenters. The maximum absolute atomic E-state index is 12.5. The van der Waals surface area contributed by atoms with Crippen molar-refractivity contribution in [3.8, 4) is 0 Å². The molecule has 0 saturated carbocycles. The van der Waals surface area contributed by atoms with Crippen molar-refractivity contribution in [2.75, 3.05) is 47.4 Å². The van der Waals surface area contributed by atoms with Crippen LogP contribution in [0.15, 0.2) is 76.7 Å². The van der Waals surface area contributed by atoms with E-state index >= 15 is 0 Å². The fourth-order valence-corrected chi connectivity index (χ4v) is 4.07. The van der Waals surface area contributed by atoms with Gasteiger partial charge in [-0.3, -0.25) is 9.98 Å². The lowest BCUT2D eigenvalue weighted by molar-refractivity contribution is 0.261. The summed E-state index contributed by atoms with van der Waals surface area (Å²) in [7, 11) is 0. The Hall–Kier alpha value is -4.57. The Kier molecular flexibility index (Phi) is 8.44. The molecular weight excluding hydrogens is 504 g/mol. The number of urea groups is 2. The van der Waals surface area contributed by atoms with Gasteiger partial charge >= 0.3 is 12.1 Å². The fraction of sp³-hybridized carbons (Fsp3) is 0.185. The molecular formula is C27H29ClN8O2. The van der Waals surface area contributed by atoms with Crippen molar-refractivity contribution in [3.05, 3.63) is 83.4 Å². The molecule has 38 heavy (non-hydrogen) atoms. The van der Waals surface area contributed by atoms with Crippen LogP contribution in [0.3, 0.4) is 0 Å². The van der Waals surface area contributed by atoms with Crippen molar-refractivity contribution in [2.24, 2.45) is 9.98 Å². The van der Waals surface area contributed by atoms with E-state index in [4.69, 9.17) is 0 Å². The van der Waals surface area contributed by atoms with Gasteiger partial charge in [-0.2, -0.15) is 0 Å². The van der Waals surface area contributed by atoms with Gasteiger partial charge in [0, 0.05) is 47.0 Å². The molecule has 196 valence electrons. The van der Waals surface area contributed by atoms with Crippen molar-refractivity contribution >= 4 is 58.9 Å². The number of rotatable bonds is 6. The van der Waals surface area contributed by atoms with Gasteiger partial charge in [-0.1, -0.05) is 0 Å². The summed E-state index contributed by atoms with van der Waals surface area (Å²) < 4.78 is 0. The third kappa shape index (κ3) is 6.60. The zero-order valence-corrected chi connectivity index (χ0v) is 21.6. The van der Waals surface area contributed by atoms with E-state index in [0.29, 0.717) is 22.7 Å². The van der Waals surface area contributed by atoms with Crippen molar-refractivity contribution in [3.63, 3.8) is 0 Å². The van der Waals surface area contributed by atoms with Crippen LogP contribution in [0.25, 0.3) is 0 Å². The van der Waals surface area contributed by atoms with Crippen molar-refractivity contribution < 1.29 is 9.59 Å². The number of aliphatic imine (C=N–C) groups is 2. The summed E-state index contributed by atoms with van der Waals surface area (Å²) in [5, 5.41) is 17.8. The average Bonchev–Trinajstić information content (AvgIpc) is 3.62. The van der Waals surface area contributed by atoms with Crippen LogP contribution in [-0.2, 0) is 0 Å². The summed E-state index contributed by atoms with van der Waals surface area (Å²) in [5.41, 5.74) is 5.38. The summed E-state index contributed by atoms with van der Waals surface area (Å²) in [6, 6.07) is 19.6. The van der Waals surface area contributed by atoms with Crippen LogP contribution in [0.4, 0.5) is 32.3 Å². The lowest BCUT2D eigenvalue weighted by Crippen LogP contribution is -2.21. The lowest BCUT2D eigenvalue weighted by Gasteiger charge is -2.13. The molecule has 0 spiro atoms. The van der Waals surface area contributed by atoms with Gasteiger partial charge in [0.05, 0.1) is 13.1 Å². The maximum Gasteiger partial charge on any atom is 0.323 e. The third-order valence-corrected chi connectivity index (χ3v) is 5.91. The van der Waals surface area contributed by atoms with Gasteiger partial charge < -0.3 is 31.9 Å². The SMILES string of the molecule is Cc1cc(NC(=O)Nc2ccc(C3=NCCN3)cc2)ccc1NC(=O)Nc1ccc(C2=NCCN2)cc1.Cl. The second kappa shape index (κ2) is 12.1. The van der Waals surface area contributed by atoms with Crippen molar-refractivity contribution in [1.29, 1.82) is 0 Å². The molecule has 3 aromatic carbocycles. The standard InChI is InChI=1S/C27H28N8O2.ClH/c1-17-16-22(34-26(36)32-20-6-2-18(3-7-20)24-28-12-13-29-24)10-11-23(17)35-27(37)33-21-8-4-19(5-9-21)25-30-14-15-31-25;/h2-11,16H,12-15H2,1H3,(H,28,29)(H,30,31)(H2,32,34,36)(H2,33,35,37);1H. The molecule has 0 aliphatic carbocycles. The number of amides is 4. The number of nitrogens with zero attached hydrogens (tertiary/aromatic N) is 2. The molecule has 3 aromatic rings.